The average Bonchev–Trinajstić information content (AvgIpc) is 3.06. The minimum absolute atomic E-state index is 0.558. The molecule has 1 saturated heterocycles. The van der Waals surface area contributed by atoms with E-state index in [0.717, 1.165) is 49.1 Å². The number of nitrogens with zero attached hydrogens (tertiary/aromatic N) is 2. The number of nitrogens with one attached hydrogen (secondary N) is 2. The molecule has 146 valence electrons. The van der Waals surface area contributed by atoms with Crippen LogP contribution in [0.15, 0.2) is 52.2 Å². The van der Waals surface area contributed by atoms with Crippen molar-refractivity contribution in [1.29, 1.82) is 0 Å². The Morgan fingerprint density at radius 1 is 1.04 bits per heavy atom. The van der Waals surface area contributed by atoms with Crippen molar-refractivity contribution in [2.75, 3.05) is 31.5 Å². The molecule has 0 atom stereocenters. The van der Waals surface area contributed by atoms with Gasteiger partial charge in [-0.3, -0.25) is 0 Å². The quantitative estimate of drug-likeness (QED) is 0.573. The molecule has 28 heavy (non-hydrogen) atoms. The number of piperazine rings is 1. The van der Waals surface area contributed by atoms with Crippen molar-refractivity contribution in [3.8, 4) is 0 Å². The van der Waals surface area contributed by atoms with Gasteiger partial charge in [-0.2, -0.15) is 0 Å². The van der Waals surface area contributed by atoms with Gasteiger partial charge in [0.2, 0.25) is 0 Å². The third kappa shape index (κ3) is 4.96. The molecule has 0 amide bonds. The molecule has 1 fully saturated rings. The second kappa shape index (κ2) is 9.16. The summed E-state index contributed by atoms with van der Waals surface area (Å²) in [7, 11) is 0. The Hall–Kier alpha value is -3.17. The number of anilines is 2. The van der Waals surface area contributed by atoms with E-state index in [1.54, 1.807) is 11.3 Å². The van der Waals surface area contributed by atoms with Crippen LogP contribution in [0.1, 0.15) is 5.56 Å². The number of aliphatic carboxylic acids is 2. The minimum Gasteiger partial charge on any atom is -0.478 e. The maximum absolute atomic E-state index is 9.55. The summed E-state index contributed by atoms with van der Waals surface area (Å²) in [6, 6.07) is 8.42. The maximum atomic E-state index is 9.55. The molecule has 1 aromatic carbocycles. The van der Waals surface area contributed by atoms with Gasteiger partial charge in [-0.15, -0.1) is 11.3 Å². The van der Waals surface area contributed by atoms with Crippen LogP contribution < -0.4 is 10.6 Å². The number of fused-ring (bicyclic) bond motifs is 2. The summed E-state index contributed by atoms with van der Waals surface area (Å²) in [6.45, 7) is 4.05. The van der Waals surface area contributed by atoms with Gasteiger partial charge in [-0.1, -0.05) is 12.1 Å². The zero-order chi connectivity index (χ0) is 19.9. The number of carboxylic acids is 2. The number of thiophene rings is 1. The van der Waals surface area contributed by atoms with Gasteiger partial charge in [0.1, 0.15) is 5.84 Å². The number of aliphatic imine (C=N–C) groups is 1. The molecule has 2 aliphatic rings. The van der Waals surface area contributed by atoms with Crippen molar-refractivity contribution in [2.24, 2.45) is 4.99 Å². The fourth-order valence-electron chi connectivity index (χ4n) is 2.84. The molecule has 3 heterocycles. The Kier molecular flexibility index (Phi) is 6.41. The molecule has 0 aliphatic carbocycles. The second-order valence-electron chi connectivity index (χ2n) is 6.02. The summed E-state index contributed by atoms with van der Waals surface area (Å²) in [6.07, 6.45) is 1.12. The highest BCUT2D eigenvalue weighted by Gasteiger charge is 2.22. The van der Waals surface area contributed by atoms with E-state index in [-0.39, 0.29) is 0 Å². The number of benzene rings is 1. The Morgan fingerprint density at radius 2 is 1.71 bits per heavy atom. The largest absolute Gasteiger partial charge is 0.478 e. The molecular weight excluding hydrogens is 380 g/mol. The highest BCUT2D eigenvalue weighted by atomic mass is 32.1. The van der Waals surface area contributed by atoms with Crippen LogP contribution in [0.2, 0.25) is 0 Å². The zero-order valence-corrected chi connectivity index (χ0v) is 15.8. The van der Waals surface area contributed by atoms with Gasteiger partial charge < -0.3 is 25.7 Å². The van der Waals surface area contributed by atoms with Crippen LogP contribution in [-0.2, 0) is 9.59 Å². The highest BCUT2D eigenvalue weighted by Crippen LogP contribution is 2.37. The summed E-state index contributed by atoms with van der Waals surface area (Å²) >= 11 is 1.69. The van der Waals surface area contributed by atoms with Crippen molar-refractivity contribution in [3.05, 3.63) is 52.7 Å². The lowest BCUT2D eigenvalue weighted by Gasteiger charge is -2.30. The summed E-state index contributed by atoms with van der Waals surface area (Å²) in [5, 5.41) is 26.8. The minimum atomic E-state index is -1.26. The maximum Gasteiger partial charge on any atom is 0.328 e. The molecule has 4 N–H and O–H groups in total. The Labute approximate surface area is 165 Å². The van der Waals surface area contributed by atoms with Crippen molar-refractivity contribution >= 4 is 46.2 Å². The number of carbonyl (C=O) groups is 2. The van der Waals surface area contributed by atoms with E-state index in [1.165, 1.54) is 5.56 Å². The second-order valence-corrected chi connectivity index (χ2v) is 6.77. The van der Waals surface area contributed by atoms with Crippen molar-refractivity contribution in [2.45, 2.75) is 0 Å². The molecule has 4 rings (SSSR count). The van der Waals surface area contributed by atoms with Crippen molar-refractivity contribution in [1.82, 2.24) is 10.2 Å². The van der Waals surface area contributed by atoms with Crippen molar-refractivity contribution < 1.29 is 19.8 Å². The first-order chi connectivity index (χ1) is 13.5. The lowest BCUT2D eigenvalue weighted by atomic mass is 10.1. The smallest absolute Gasteiger partial charge is 0.328 e. The molecule has 9 heteroatoms. The third-order valence-electron chi connectivity index (χ3n) is 4.09. The van der Waals surface area contributed by atoms with Crippen molar-refractivity contribution in [3.63, 3.8) is 0 Å². The molecule has 0 unspecified atom stereocenters. The predicted molar refractivity (Wildman–Crippen MR) is 109 cm³/mol. The summed E-state index contributed by atoms with van der Waals surface area (Å²) in [5.74, 6) is -1.42. The summed E-state index contributed by atoms with van der Waals surface area (Å²) < 4.78 is 0. The van der Waals surface area contributed by atoms with Crippen LogP contribution in [0.5, 0.6) is 0 Å². The fourth-order valence-corrected chi connectivity index (χ4v) is 3.53. The number of amidine groups is 1. The monoisotopic (exact) mass is 400 g/mol. The third-order valence-corrected chi connectivity index (χ3v) is 4.82. The van der Waals surface area contributed by atoms with E-state index in [0.29, 0.717) is 12.2 Å². The van der Waals surface area contributed by atoms with Crippen LogP contribution in [-0.4, -0.2) is 59.1 Å². The van der Waals surface area contributed by atoms with E-state index in [1.807, 2.05) is 0 Å². The highest BCUT2D eigenvalue weighted by molar-refractivity contribution is 7.08. The van der Waals surface area contributed by atoms with E-state index < -0.39 is 11.9 Å². The van der Waals surface area contributed by atoms with Crippen LogP contribution in [0, 0.1) is 0 Å². The van der Waals surface area contributed by atoms with Crippen LogP contribution >= 0.6 is 11.3 Å². The Morgan fingerprint density at radius 3 is 2.39 bits per heavy atom. The molecule has 0 bridgehead atoms. The summed E-state index contributed by atoms with van der Waals surface area (Å²) in [5.41, 5.74) is 4.48. The normalized spacial score (nSPS) is 15.3. The average molecular weight is 400 g/mol. The number of carboxylic acid groups (broad SMARTS) is 2. The first-order valence-electron chi connectivity index (χ1n) is 8.65. The van der Waals surface area contributed by atoms with Gasteiger partial charge in [0.05, 0.1) is 11.4 Å². The van der Waals surface area contributed by atoms with Gasteiger partial charge in [-0.05, 0) is 12.1 Å². The van der Waals surface area contributed by atoms with E-state index in [9.17, 15) is 9.59 Å². The predicted octanol–water partition coefficient (Wildman–Crippen LogP) is 2.50. The zero-order valence-electron chi connectivity index (χ0n) is 15.0. The molecular formula is C19H20N4O4S. The van der Waals surface area contributed by atoms with Crippen LogP contribution in [0.3, 0.4) is 0 Å². The molecule has 8 nitrogen and oxygen atoms in total. The first kappa shape index (κ1) is 19.6. The standard InChI is InChI=1S/C15H16N4S.C4H4O4/c1-2-4-12-11(3-1)15(19-7-5-16-6-8-19)18-14-10-20-9-13(14)17-12;5-3(6)1-2-4(7)8/h1-4,9-10,16-17H,5-8H2;1-2H,(H,5,6)(H,7,8). The van der Waals surface area contributed by atoms with Gasteiger partial charge in [-0.25, -0.2) is 14.6 Å². The van der Waals surface area contributed by atoms with Gasteiger partial charge in [0.25, 0.3) is 0 Å². The number of para-hydroxylation sites is 1. The number of rotatable bonds is 2. The fraction of sp³-hybridized carbons (Fsp3) is 0.211. The SMILES string of the molecule is O=C(O)C=CC(=O)O.c1ccc2c(c1)Nc1cscc1N=C2N1CCNCC1. The van der Waals surface area contributed by atoms with Crippen LogP contribution in [0.25, 0.3) is 0 Å². The Balaban J connectivity index is 0.000000242. The molecule has 0 spiro atoms. The van der Waals surface area contributed by atoms with Gasteiger partial charge >= 0.3 is 11.9 Å². The number of hydrogen-bond donors (Lipinski definition) is 4. The van der Waals surface area contributed by atoms with Gasteiger partial charge in [0, 0.05) is 60.3 Å². The molecule has 0 radical (unpaired) electrons. The van der Waals surface area contributed by atoms with Crippen LogP contribution in [0.4, 0.5) is 17.1 Å². The lowest BCUT2D eigenvalue weighted by molar-refractivity contribution is -0.134. The van der Waals surface area contributed by atoms with E-state index >= 15 is 0 Å². The molecule has 2 aliphatic heterocycles. The number of hydrogen-bond acceptors (Lipinski definition) is 7. The van der Waals surface area contributed by atoms with E-state index in [2.05, 4.69) is 50.6 Å². The lowest BCUT2D eigenvalue weighted by Crippen LogP contribution is -2.46. The molecule has 2 aromatic rings. The Bertz CT molecular complexity index is 900. The van der Waals surface area contributed by atoms with E-state index in [4.69, 9.17) is 15.2 Å². The molecule has 0 saturated carbocycles. The molecule has 1 aromatic heterocycles. The van der Waals surface area contributed by atoms with Gasteiger partial charge in [0.15, 0.2) is 0 Å². The summed E-state index contributed by atoms with van der Waals surface area (Å²) in [4.78, 5) is 26.4. The first-order valence-corrected chi connectivity index (χ1v) is 9.60. The topological polar surface area (TPSA) is 114 Å².